The van der Waals surface area contributed by atoms with Crippen LogP contribution in [-0.2, 0) is 0 Å². The first-order valence-corrected chi connectivity index (χ1v) is 13.5. The SMILES string of the molecule is COc1cccc(-c2cc(-c3ccccc3)nc3sc(C(=O)Nc4cc(C)nc5ccccc45)c(N)c23)c1OC. The van der Waals surface area contributed by atoms with Gasteiger partial charge < -0.3 is 20.5 Å². The van der Waals surface area contributed by atoms with Gasteiger partial charge in [0.15, 0.2) is 11.5 Å². The smallest absolute Gasteiger partial charge is 0.267 e. The Hall–Kier alpha value is -4.95. The van der Waals surface area contributed by atoms with Crippen LogP contribution in [0.5, 0.6) is 11.5 Å². The molecular formula is C32H26N4O3S. The van der Waals surface area contributed by atoms with E-state index in [0.717, 1.165) is 39.0 Å². The van der Waals surface area contributed by atoms with Crippen LogP contribution in [0.4, 0.5) is 11.4 Å². The van der Waals surface area contributed by atoms with Crippen LogP contribution in [0.25, 0.3) is 43.5 Å². The summed E-state index contributed by atoms with van der Waals surface area (Å²) in [6, 6.07) is 27.2. The van der Waals surface area contributed by atoms with E-state index >= 15 is 0 Å². The minimum Gasteiger partial charge on any atom is -0.493 e. The Bertz CT molecular complexity index is 1900. The topological polar surface area (TPSA) is 99.4 Å². The van der Waals surface area contributed by atoms with Gasteiger partial charge in [-0.15, -0.1) is 11.3 Å². The standard InChI is InChI=1S/C32H26N4O3S/c1-18-16-25(21-12-7-8-14-23(21)34-18)35-31(37)30-28(33)27-22(20-13-9-15-26(38-2)29(20)39-3)17-24(36-32(27)40-30)19-10-5-4-6-11-19/h4-17H,33H2,1-3H3,(H,34,35,37). The molecule has 3 aromatic heterocycles. The van der Waals surface area contributed by atoms with Crippen molar-refractivity contribution in [1.82, 2.24) is 9.97 Å². The maximum Gasteiger partial charge on any atom is 0.267 e. The molecule has 8 heteroatoms. The molecule has 198 valence electrons. The van der Waals surface area contributed by atoms with Gasteiger partial charge in [-0.2, -0.15) is 0 Å². The minimum atomic E-state index is -0.305. The molecule has 0 saturated heterocycles. The number of hydrogen-bond donors (Lipinski definition) is 2. The Morgan fingerprint density at radius 2 is 1.65 bits per heavy atom. The Morgan fingerprint density at radius 1 is 0.875 bits per heavy atom. The number of rotatable bonds is 6. The molecule has 40 heavy (non-hydrogen) atoms. The number of benzene rings is 3. The van der Waals surface area contributed by atoms with Crippen molar-refractivity contribution in [3.05, 3.63) is 95.5 Å². The summed E-state index contributed by atoms with van der Waals surface area (Å²) in [4.78, 5) is 24.3. The molecular weight excluding hydrogens is 520 g/mol. The van der Waals surface area contributed by atoms with E-state index in [0.29, 0.717) is 38.0 Å². The molecule has 3 heterocycles. The van der Waals surface area contributed by atoms with Gasteiger partial charge in [0.1, 0.15) is 9.71 Å². The number of nitrogens with zero attached hydrogens (tertiary/aromatic N) is 2. The number of aryl methyl sites for hydroxylation is 1. The number of nitrogen functional groups attached to an aromatic ring is 1. The average molecular weight is 547 g/mol. The van der Waals surface area contributed by atoms with Gasteiger partial charge in [0.05, 0.1) is 36.8 Å². The maximum absolute atomic E-state index is 13.7. The van der Waals surface area contributed by atoms with E-state index in [9.17, 15) is 4.79 Å². The molecule has 0 fully saturated rings. The third-order valence-electron chi connectivity index (χ3n) is 6.76. The first kappa shape index (κ1) is 25.3. The molecule has 0 aliphatic heterocycles. The molecule has 3 aromatic carbocycles. The number of anilines is 2. The summed E-state index contributed by atoms with van der Waals surface area (Å²) in [5.74, 6) is 0.867. The van der Waals surface area contributed by atoms with Crippen molar-refractivity contribution in [2.75, 3.05) is 25.3 Å². The first-order chi connectivity index (χ1) is 19.5. The van der Waals surface area contributed by atoms with E-state index in [2.05, 4.69) is 10.3 Å². The summed E-state index contributed by atoms with van der Waals surface area (Å²) in [6.07, 6.45) is 0. The molecule has 0 bridgehead atoms. The number of thiophene rings is 1. The van der Waals surface area contributed by atoms with Gasteiger partial charge in [-0.05, 0) is 31.2 Å². The van der Waals surface area contributed by atoms with Crippen LogP contribution in [0.2, 0.25) is 0 Å². The predicted octanol–water partition coefficient (Wildman–Crippen LogP) is 7.34. The van der Waals surface area contributed by atoms with Crippen molar-refractivity contribution in [3.63, 3.8) is 0 Å². The Morgan fingerprint density at radius 3 is 2.42 bits per heavy atom. The van der Waals surface area contributed by atoms with Crippen molar-refractivity contribution in [1.29, 1.82) is 0 Å². The second kappa shape index (κ2) is 10.3. The zero-order chi connectivity index (χ0) is 27.8. The number of ether oxygens (including phenoxy) is 2. The number of amides is 1. The third kappa shape index (κ3) is 4.38. The van der Waals surface area contributed by atoms with Crippen LogP contribution in [0.3, 0.4) is 0 Å². The van der Waals surface area contributed by atoms with E-state index in [4.69, 9.17) is 20.2 Å². The number of pyridine rings is 2. The lowest BCUT2D eigenvalue weighted by Crippen LogP contribution is -2.12. The lowest BCUT2D eigenvalue weighted by Gasteiger charge is -2.15. The zero-order valence-corrected chi connectivity index (χ0v) is 23.0. The highest BCUT2D eigenvalue weighted by molar-refractivity contribution is 7.21. The Kier molecular flexibility index (Phi) is 6.53. The third-order valence-corrected chi connectivity index (χ3v) is 7.86. The monoisotopic (exact) mass is 546 g/mol. The molecule has 7 nitrogen and oxygen atoms in total. The fraction of sp³-hybridized carbons (Fsp3) is 0.0938. The molecule has 0 radical (unpaired) electrons. The van der Waals surface area contributed by atoms with Crippen molar-refractivity contribution in [2.45, 2.75) is 6.92 Å². The van der Waals surface area contributed by atoms with E-state index in [-0.39, 0.29) is 5.91 Å². The summed E-state index contributed by atoms with van der Waals surface area (Å²) in [5.41, 5.74) is 12.7. The highest BCUT2D eigenvalue weighted by Gasteiger charge is 2.24. The molecule has 0 atom stereocenters. The van der Waals surface area contributed by atoms with Crippen LogP contribution >= 0.6 is 11.3 Å². The van der Waals surface area contributed by atoms with E-state index in [1.807, 2.05) is 91.9 Å². The summed E-state index contributed by atoms with van der Waals surface area (Å²) in [7, 11) is 3.21. The van der Waals surface area contributed by atoms with Crippen LogP contribution in [-0.4, -0.2) is 30.1 Å². The summed E-state index contributed by atoms with van der Waals surface area (Å²) in [5, 5.41) is 4.62. The van der Waals surface area contributed by atoms with Gasteiger partial charge in [0, 0.05) is 33.2 Å². The van der Waals surface area contributed by atoms with Crippen LogP contribution in [0.1, 0.15) is 15.4 Å². The van der Waals surface area contributed by atoms with Gasteiger partial charge in [0.25, 0.3) is 5.91 Å². The van der Waals surface area contributed by atoms with E-state index in [1.165, 1.54) is 11.3 Å². The van der Waals surface area contributed by atoms with Crippen molar-refractivity contribution in [2.24, 2.45) is 0 Å². The Labute approximate surface area is 235 Å². The predicted molar refractivity (Wildman–Crippen MR) is 162 cm³/mol. The minimum absolute atomic E-state index is 0.305. The second-order valence-corrected chi connectivity index (χ2v) is 10.3. The quantitative estimate of drug-likeness (QED) is 0.227. The molecule has 3 N–H and O–H groups in total. The number of carbonyl (C=O) groups excluding carboxylic acids is 1. The zero-order valence-electron chi connectivity index (χ0n) is 22.2. The van der Waals surface area contributed by atoms with E-state index < -0.39 is 0 Å². The number of aromatic nitrogens is 2. The van der Waals surface area contributed by atoms with Gasteiger partial charge >= 0.3 is 0 Å². The van der Waals surface area contributed by atoms with Crippen molar-refractivity contribution >= 4 is 49.7 Å². The first-order valence-electron chi connectivity index (χ1n) is 12.7. The highest BCUT2D eigenvalue weighted by atomic mass is 32.1. The largest absolute Gasteiger partial charge is 0.493 e. The number of fused-ring (bicyclic) bond motifs is 2. The Balaban J connectivity index is 1.55. The van der Waals surface area contributed by atoms with Crippen LogP contribution in [0.15, 0.2) is 84.9 Å². The number of nitrogens with one attached hydrogen (secondary N) is 1. The molecule has 0 aliphatic carbocycles. The average Bonchev–Trinajstić information content (AvgIpc) is 3.32. The normalized spacial score (nSPS) is 11.1. The molecule has 0 spiro atoms. The van der Waals surface area contributed by atoms with Gasteiger partial charge in [-0.25, -0.2) is 4.98 Å². The number of methoxy groups -OCH3 is 2. The highest BCUT2D eigenvalue weighted by Crippen LogP contribution is 2.46. The second-order valence-electron chi connectivity index (χ2n) is 9.27. The summed E-state index contributed by atoms with van der Waals surface area (Å²) >= 11 is 1.27. The molecule has 0 saturated carbocycles. The molecule has 1 amide bonds. The number of para-hydroxylation sites is 2. The fourth-order valence-electron chi connectivity index (χ4n) is 4.95. The van der Waals surface area contributed by atoms with Gasteiger partial charge in [-0.1, -0.05) is 60.7 Å². The molecule has 6 aromatic rings. The number of nitrogens with two attached hydrogens (primary N) is 1. The van der Waals surface area contributed by atoms with Crippen molar-refractivity contribution in [3.8, 4) is 33.9 Å². The summed E-state index contributed by atoms with van der Waals surface area (Å²) in [6.45, 7) is 1.90. The lowest BCUT2D eigenvalue weighted by molar-refractivity contribution is 0.103. The van der Waals surface area contributed by atoms with Crippen LogP contribution < -0.4 is 20.5 Å². The number of carbonyl (C=O) groups is 1. The molecule has 0 aliphatic rings. The van der Waals surface area contributed by atoms with Crippen molar-refractivity contribution < 1.29 is 14.3 Å². The van der Waals surface area contributed by atoms with Crippen LogP contribution in [0, 0.1) is 6.92 Å². The van der Waals surface area contributed by atoms with Gasteiger partial charge in [0.2, 0.25) is 0 Å². The molecule has 6 rings (SSSR count). The molecule has 0 unspecified atom stereocenters. The number of hydrogen-bond acceptors (Lipinski definition) is 7. The van der Waals surface area contributed by atoms with E-state index in [1.54, 1.807) is 14.2 Å². The maximum atomic E-state index is 13.7. The fourth-order valence-corrected chi connectivity index (χ4v) is 5.96. The van der Waals surface area contributed by atoms with Gasteiger partial charge in [-0.3, -0.25) is 9.78 Å². The summed E-state index contributed by atoms with van der Waals surface area (Å²) < 4.78 is 11.3. The lowest BCUT2D eigenvalue weighted by atomic mass is 9.98.